The van der Waals surface area contributed by atoms with Gasteiger partial charge in [0.25, 0.3) is 0 Å². The Bertz CT molecular complexity index is 461. The Morgan fingerprint density at radius 3 is 2.52 bits per heavy atom. The molecule has 0 spiro atoms. The number of halogens is 1. The van der Waals surface area contributed by atoms with Crippen LogP contribution >= 0.6 is 22.6 Å². The molecule has 0 aliphatic rings. The maximum absolute atomic E-state index is 11.8. The summed E-state index contributed by atoms with van der Waals surface area (Å²) in [5.41, 5.74) is 0.944. The second-order valence-corrected chi connectivity index (χ2v) is 5.79. The van der Waals surface area contributed by atoms with Gasteiger partial charge in [-0.05, 0) is 46.7 Å². The minimum Gasteiger partial charge on any atom is -0.467 e. The van der Waals surface area contributed by atoms with Crippen LogP contribution in [0.2, 0.25) is 0 Å². The Morgan fingerprint density at radius 2 is 1.95 bits per heavy atom. The number of esters is 1. The van der Waals surface area contributed by atoms with E-state index in [-0.39, 0.29) is 0 Å². The number of nitrogens with one attached hydrogen (secondary N) is 1. The van der Waals surface area contributed by atoms with E-state index >= 15 is 0 Å². The molecule has 1 rings (SSSR count). The molecule has 5 nitrogen and oxygen atoms in total. The monoisotopic (exact) mass is 405 g/mol. The standard InChI is InChI=1S/C15H20INO4/c1-3-4-9-21-15(19)17-13(14(18)20-2)10-11-5-7-12(16)8-6-11/h5-8,13H,3-4,9-10H2,1-2H3,(H,17,19)/t13-/m0/s1. The normalized spacial score (nSPS) is 11.6. The number of rotatable bonds is 7. The summed E-state index contributed by atoms with van der Waals surface area (Å²) < 4.78 is 10.8. The molecule has 1 amide bonds. The molecule has 116 valence electrons. The Labute approximate surface area is 138 Å². The largest absolute Gasteiger partial charge is 0.467 e. The fraction of sp³-hybridized carbons (Fsp3) is 0.467. The zero-order chi connectivity index (χ0) is 15.7. The summed E-state index contributed by atoms with van der Waals surface area (Å²) in [5, 5.41) is 2.55. The number of ether oxygens (including phenoxy) is 2. The van der Waals surface area contributed by atoms with Crippen molar-refractivity contribution in [2.45, 2.75) is 32.2 Å². The number of benzene rings is 1. The molecule has 6 heteroatoms. The van der Waals surface area contributed by atoms with Gasteiger partial charge in [-0.25, -0.2) is 9.59 Å². The van der Waals surface area contributed by atoms with E-state index in [0.29, 0.717) is 13.0 Å². The molecule has 1 aromatic carbocycles. The van der Waals surface area contributed by atoms with Crippen molar-refractivity contribution >= 4 is 34.7 Å². The van der Waals surface area contributed by atoms with Crippen LogP contribution in [0.5, 0.6) is 0 Å². The van der Waals surface area contributed by atoms with Gasteiger partial charge in [0.15, 0.2) is 0 Å². The predicted octanol–water partition coefficient (Wildman–Crippen LogP) is 2.90. The van der Waals surface area contributed by atoms with Gasteiger partial charge < -0.3 is 14.8 Å². The van der Waals surface area contributed by atoms with E-state index in [4.69, 9.17) is 9.47 Å². The zero-order valence-corrected chi connectivity index (χ0v) is 14.4. The lowest BCUT2D eigenvalue weighted by Gasteiger charge is -2.16. The molecule has 0 aromatic heterocycles. The first-order valence-corrected chi connectivity index (χ1v) is 7.90. The highest BCUT2D eigenvalue weighted by Crippen LogP contribution is 2.09. The van der Waals surface area contributed by atoms with Gasteiger partial charge in [0.2, 0.25) is 0 Å². The first kappa shape index (κ1) is 17.7. The van der Waals surface area contributed by atoms with Crippen molar-refractivity contribution in [3.8, 4) is 0 Å². The summed E-state index contributed by atoms with van der Waals surface area (Å²) in [7, 11) is 1.30. The molecule has 0 bridgehead atoms. The maximum atomic E-state index is 11.8. The predicted molar refractivity (Wildman–Crippen MR) is 88.1 cm³/mol. The van der Waals surface area contributed by atoms with Crippen molar-refractivity contribution in [3.05, 3.63) is 33.4 Å². The van der Waals surface area contributed by atoms with Crippen LogP contribution in [0.1, 0.15) is 25.3 Å². The van der Waals surface area contributed by atoms with Crippen molar-refractivity contribution in [2.75, 3.05) is 13.7 Å². The highest BCUT2D eigenvalue weighted by atomic mass is 127. The Morgan fingerprint density at radius 1 is 1.29 bits per heavy atom. The molecule has 0 aliphatic carbocycles. The SMILES string of the molecule is CCCCOC(=O)N[C@@H](Cc1ccc(I)cc1)C(=O)OC. The van der Waals surface area contributed by atoms with Gasteiger partial charge in [-0.15, -0.1) is 0 Å². The second-order valence-electron chi connectivity index (χ2n) is 4.54. The molecule has 0 unspecified atom stereocenters. The van der Waals surface area contributed by atoms with Crippen LogP contribution in [0.4, 0.5) is 4.79 Å². The first-order valence-electron chi connectivity index (χ1n) is 6.82. The van der Waals surface area contributed by atoms with Crippen LogP contribution in [0, 0.1) is 3.57 Å². The molecule has 0 heterocycles. The van der Waals surface area contributed by atoms with Crippen molar-refractivity contribution in [3.63, 3.8) is 0 Å². The quantitative estimate of drug-likeness (QED) is 0.431. The number of methoxy groups -OCH3 is 1. The van der Waals surface area contributed by atoms with Crippen LogP contribution in [0.15, 0.2) is 24.3 Å². The smallest absolute Gasteiger partial charge is 0.407 e. The lowest BCUT2D eigenvalue weighted by Crippen LogP contribution is -2.43. The molecule has 0 radical (unpaired) electrons. The summed E-state index contributed by atoms with van der Waals surface area (Å²) in [6, 6.07) is 6.99. The molecule has 1 N–H and O–H groups in total. The molecule has 0 saturated heterocycles. The van der Waals surface area contributed by atoms with E-state index < -0.39 is 18.1 Å². The Balaban J connectivity index is 2.61. The molecule has 0 aliphatic heterocycles. The summed E-state index contributed by atoms with van der Waals surface area (Å²) in [6.07, 6.45) is 1.51. The van der Waals surface area contributed by atoms with Crippen LogP contribution in [0.25, 0.3) is 0 Å². The minimum atomic E-state index is -0.746. The molecule has 1 aromatic rings. The average molecular weight is 405 g/mol. The van der Waals surface area contributed by atoms with Crippen molar-refractivity contribution in [2.24, 2.45) is 0 Å². The molecule has 0 saturated carbocycles. The third-order valence-electron chi connectivity index (χ3n) is 2.86. The van der Waals surface area contributed by atoms with E-state index in [2.05, 4.69) is 27.9 Å². The average Bonchev–Trinajstić information content (AvgIpc) is 2.48. The van der Waals surface area contributed by atoms with E-state index in [1.165, 1.54) is 7.11 Å². The summed E-state index contributed by atoms with van der Waals surface area (Å²) in [6.45, 7) is 2.36. The van der Waals surface area contributed by atoms with E-state index in [1.54, 1.807) is 0 Å². The first-order chi connectivity index (χ1) is 10.1. The van der Waals surface area contributed by atoms with Gasteiger partial charge in [0.05, 0.1) is 13.7 Å². The van der Waals surface area contributed by atoms with Crippen molar-refractivity contribution < 1.29 is 19.1 Å². The van der Waals surface area contributed by atoms with Gasteiger partial charge in [-0.3, -0.25) is 0 Å². The fourth-order valence-corrected chi connectivity index (χ4v) is 2.04. The summed E-state index contributed by atoms with van der Waals surface area (Å²) >= 11 is 2.21. The molecule has 21 heavy (non-hydrogen) atoms. The number of hydrogen-bond donors (Lipinski definition) is 1. The van der Waals surface area contributed by atoms with Crippen LogP contribution in [-0.2, 0) is 20.7 Å². The zero-order valence-electron chi connectivity index (χ0n) is 12.2. The lowest BCUT2D eigenvalue weighted by atomic mass is 10.1. The highest BCUT2D eigenvalue weighted by Gasteiger charge is 2.22. The Hall–Kier alpha value is -1.31. The highest BCUT2D eigenvalue weighted by molar-refractivity contribution is 14.1. The third-order valence-corrected chi connectivity index (χ3v) is 3.58. The number of amides is 1. The van der Waals surface area contributed by atoms with Crippen LogP contribution < -0.4 is 5.32 Å². The van der Waals surface area contributed by atoms with E-state index in [1.807, 2.05) is 31.2 Å². The van der Waals surface area contributed by atoms with Gasteiger partial charge in [0, 0.05) is 9.99 Å². The molecule has 1 atom stereocenters. The second kappa shape index (κ2) is 9.59. The van der Waals surface area contributed by atoms with Gasteiger partial charge in [-0.2, -0.15) is 0 Å². The van der Waals surface area contributed by atoms with Crippen molar-refractivity contribution in [1.29, 1.82) is 0 Å². The molecule has 0 fully saturated rings. The fourth-order valence-electron chi connectivity index (χ4n) is 1.68. The number of alkyl carbamates (subject to hydrolysis) is 1. The van der Waals surface area contributed by atoms with Gasteiger partial charge in [0.1, 0.15) is 6.04 Å². The van der Waals surface area contributed by atoms with Gasteiger partial charge in [-0.1, -0.05) is 25.5 Å². The Kier molecular flexibility index (Phi) is 8.11. The van der Waals surface area contributed by atoms with Crippen LogP contribution in [-0.4, -0.2) is 31.8 Å². The van der Waals surface area contributed by atoms with E-state index in [0.717, 1.165) is 22.0 Å². The minimum absolute atomic E-state index is 0.347. The van der Waals surface area contributed by atoms with Gasteiger partial charge >= 0.3 is 12.1 Å². The third kappa shape index (κ3) is 6.79. The maximum Gasteiger partial charge on any atom is 0.407 e. The number of carbonyl (C=O) groups excluding carboxylic acids is 2. The van der Waals surface area contributed by atoms with Crippen molar-refractivity contribution in [1.82, 2.24) is 5.32 Å². The number of carbonyl (C=O) groups is 2. The molecular formula is C15H20INO4. The van der Waals surface area contributed by atoms with E-state index in [9.17, 15) is 9.59 Å². The lowest BCUT2D eigenvalue weighted by molar-refractivity contribution is -0.142. The van der Waals surface area contributed by atoms with Crippen LogP contribution in [0.3, 0.4) is 0 Å². The summed E-state index contributed by atoms with van der Waals surface area (Å²) in [4.78, 5) is 23.4. The number of hydrogen-bond acceptors (Lipinski definition) is 4. The molecular weight excluding hydrogens is 385 g/mol. The summed E-state index contributed by atoms with van der Waals surface area (Å²) in [5.74, 6) is -0.485. The number of unbranched alkanes of at least 4 members (excludes halogenated alkanes) is 1. The topological polar surface area (TPSA) is 64.6 Å².